The monoisotopic (exact) mass is 572 g/mol. The van der Waals surface area contributed by atoms with Crippen LogP contribution in [0, 0.1) is 6.92 Å². The molecule has 1 aromatic carbocycles. The first-order valence-electron chi connectivity index (χ1n) is 14.5. The van der Waals surface area contributed by atoms with E-state index in [1.165, 1.54) is 0 Å². The number of aromatic nitrogens is 3. The first-order valence-corrected chi connectivity index (χ1v) is 14.5. The van der Waals surface area contributed by atoms with Crippen molar-refractivity contribution in [3.05, 3.63) is 82.7 Å². The van der Waals surface area contributed by atoms with Crippen LogP contribution in [-0.2, 0) is 16.5 Å². The summed E-state index contributed by atoms with van der Waals surface area (Å²) in [7, 11) is 1.92. The molecule has 2 amide bonds. The minimum absolute atomic E-state index is 0.149. The van der Waals surface area contributed by atoms with Gasteiger partial charge in [-0.1, -0.05) is 29.8 Å². The molecule has 3 aromatic rings. The Labute approximate surface area is 247 Å². The van der Waals surface area contributed by atoms with Crippen LogP contribution in [0.3, 0.4) is 0 Å². The molecule has 2 unspecified atom stereocenters. The Kier molecular flexibility index (Phi) is 8.63. The number of alkyl carbamates (subject to hydrolysis) is 1. The number of rotatable bonds is 6. The molecular weight excluding hydrogens is 532 g/mol. The highest BCUT2D eigenvalue weighted by Gasteiger charge is 2.36. The molecule has 2 aromatic heterocycles. The van der Waals surface area contributed by atoms with Crippen molar-refractivity contribution in [2.45, 2.75) is 58.9 Å². The normalized spacial score (nSPS) is 17.7. The summed E-state index contributed by atoms with van der Waals surface area (Å²) in [5, 5.41) is 3.13. The largest absolute Gasteiger partial charge is 0.447 e. The molecule has 3 heterocycles. The third kappa shape index (κ3) is 6.18. The first-order chi connectivity index (χ1) is 20.1. The van der Waals surface area contributed by atoms with Crippen molar-refractivity contribution >= 4 is 23.8 Å². The van der Waals surface area contributed by atoms with Gasteiger partial charge in [-0.2, -0.15) is 0 Å². The Morgan fingerprint density at radius 2 is 1.76 bits per heavy atom. The highest BCUT2D eigenvalue weighted by Crippen LogP contribution is 2.43. The summed E-state index contributed by atoms with van der Waals surface area (Å²) in [6, 6.07) is 9.78. The van der Waals surface area contributed by atoms with E-state index in [-0.39, 0.29) is 24.3 Å². The number of nitrogens with one attached hydrogen (secondary N) is 1. The summed E-state index contributed by atoms with van der Waals surface area (Å²) in [6.07, 6.45) is 6.26. The van der Waals surface area contributed by atoms with E-state index in [1.807, 2.05) is 51.6 Å². The number of nitrogens with zero attached hydrogens (tertiary/aromatic N) is 5. The fourth-order valence-corrected chi connectivity index (χ4v) is 5.70. The predicted octanol–water partition coefficient (Wildman–Crippen LogP) is 5.11. The average Bonchev–Trinajstić information content (AvgIpc) is 3.31. The number of pyridine rings is 1. The third-order valence-electron chi connectivity index (χ3n) is 7.60. The lowest BCUT2D eigenvalue weighted by Gasteiger charge is -2.39. The van der Waals surface area contributed by atoms with Gasteiger partial charge >= 0.3 is 12.2 Å². The molecular formula is C32H40N6O4. The zero-order valence-electron chi connectivity index (χ0n) is 25.2. The van der Waals surface area contributed by atoms with Gasteiger partial charge in [-0.3, -0.25) is 9.88 Å². The van der Waals surface area contributed by atoms with Gasteiger partial charge in [-0.05, 0) is 69.0 Å². The van der Waals surface area contributed by atoms with Crippen LogP contribution in [-0.4, -0.2) is 74.9 Å². The number of hydrogen-bond acceptors (Lipinski definition) is 7. The van der Waals surface area contributed by atoms with Gasteiger partial charge in [-0.15, -0.1) is 0 Å². The third-order valence-corrected chi connectivity index (χ3v) is 7.60. The molecule has 1 fully saturated rings. The Hall–Kier alpha value is -4.18. The quantitative estimate of drug-likeness (QED) is 0.438. The summed E-state index contributed by atoms with van der Waals surface area (Å²) >= 11 is 0. The van der Waals surface area contributed by atoms with Crippen molar-refractivity contribution in [1.29, 1.82) is 0 Å². The van der Waals surface area contributed by atoms with E-state index < -0.39 is 12.1 Å². The number of benzene rings is 1. The number of amides is 2. The maximum atomic E-state index is 13.0. The second-order valence-corrected chi connectivity index (χ2v) is 11.5. The average molecular weight is 573 g/mol. The second kappa shape index (κ2) is 12.4. The molecule has 5 rings (SSSR count). The maximum Gasteiger partial charge on any atom is 0.410 e. The molecule has 10 nitrogen and oxygen atoms in total. The van der Waals surface area contributed by atoms with Crippen LogP contribution in [0.4, 0.5) is 9.59 Å². The molecule has 42 heavy (non-hydrogen) atoms. The lowest BCUT2D eigenvalue weighted by molar-refractivity contribution is 0.0513. The number of hydrogen-bond donors (Lipinski definition) is 1. The molecule has 1 N–H and O–H groups in total. The Bertz CT molecular complexity index is 1470. The number of aryl methyl sites for hydroxylation is 2. The molecule has 1 aliphatic heterocycles. The molecule has 0 radical (unpaired) electrons. The standard InChI is InChI=1S/C32H40N6O4/c1-20(2)41-31(39)35-29(27-18-33-19-36(27)6)26-17-23-8-7-11-34-28(23)30(24-10-9-22(5)16-25(24)26)37-12-14-38(15-13-37)32(40)42-21(3)4/h7-11,16-21,29-30H,12-15H2,1-6H3,(H,35,39). The summed E-state index contributed by atoms with van der Waals surface area (Å²) < 4.78 is 12.9. The van der Waals surface area contributed by atoms with Gasteiger partial charge in [0.2, 0.25) is 0 Å². The van der Waals surface area contributed by atoms with Gasteiger partial charge in [0.15, 0.2) is 0 Å². The fourth-order valence-electron chi connectivity index (χ4n) is 5.70. The maximum absolute atomic E-state index is 13.0. The van der Waals surface area contributed by atoms with Gasteiger partial charge < -0.3 is 24.3 Å². The molecule has 1 aliphatic carbocycles. The molecule has 0 bridgehead atoms. The summed E-state index contributed by atoms with van der Waals surface area (Å²) in [5.41, 5.74) is 6.88. The van der Waals surface area contributed by atoms with Crippen LogP contribution in [0.5, 0.6) is 0 Å². The molecule has 2 atom stereocenters. The van der Waals surface area contributed by atoms with Gasteiger partial charge in [-0.25, -0.2) is 14.6 Å². The Morgan fingerprint density at radius 1 is 1.02 bits per heavy atom. The summed E-state index contributed by atoms with van der Waals surface area (Å²) in [4.78, 5) is 39.1. The van der Waals surface area contributed by atoms with Crippen molar-refractivity contribution < 1.29 is 19.1 Å². The molecule has 222 valence electrons. The van der Waals surface area contributed by atoms with Gasteiger partial charge in [0.1, 0.15) is 0 Å². The second-order valence-electron chi connectivity index (χ2n) is 11.5. The van der Waals surface area contributed by atoms with Crippen LogP contribution >= 0.6 is 0 Å². The number of ether oxygens (including phenoxy) is 2. The van der Waals surface area contributed by atoms with Crippen LogP contribution in [0.25, 0.3) is 11.6 Å². The number of carbonyl (C=O) groups is 2. The van der Waals surface area contributed by atoms with Crippen molar-refractivity contribution in [3.63, 3.8) is 0 Å². The molecule has 0 spiro atoms. The number of piperazine rings is 1. The van der Waals surface area contributed by atoms with Gasteiger partial charge in [0.05, 0.1) is 48.2 Å². The van der Waals surface area contributed by atoms with Crippen LogP contribution in [0.15, 0.2) is 49.1 Å². The molecule has 1 saturated heterocycles. The van der Waals surface area contributed by atoms with Crippen LogP contribution in [0.1, 0.15) is 73.4 Å². The Morgan fingerprint density at radius 3 is 2.43 bits per heavy atom. The SMILES string of the molecule is Cc1ccc2c(c1)C(C(NC(=O)OC(C)C)c1cncn1C)=Cc1cccnc1C2N1CCN(C(=O)OC(C)C)CC1. The zero-order valence-corrected chi connectivity index (χ0v) is 25.2. The van der Waals surface area contributed by atoms with E-state index in [0.717, 1.165) is 39.2 Å². The van der Waals surface area contributed by atoms with Crippen LogP contribution < -0.4 is 5.32 Å². The van der Waals surface area contributed by atoms with E-state index >= 15 is 0 Å². The van der Waals surface area contributed by atoms with E-state index in [9.17, 15) is 9.59 Å². The minimum atomic E-state index is -0.529. The number of carbonyl (C=O) groups excluding carboxylic acids is 2. The van der Waals surface area contributed by atoms with Gasteiger partial charge in [0.25, 0.3) is 0 Å². The smallest absolute Gasteiger partial charge is 0.410 e. The molecule has 2 aliphatic rings. The van der Waals surface area contributed by atoms with E-state index in [1.54, 1.807) is 17.4 Å². The molecule has 0 saturated carbocycles. The van der Waals surface area contributed by atoms with Crippen molar-refractivity contribution in [2.75, 3.05) is 26.2 Å². The predicted molar refractivity (Wildman–Crippen MR) is 161 cm³/mol. The van der Waals surface area contributed by atoms with Gasteiger partial charge in [0, 0.05) is 39.4 Å². The summed E-state index contributed by atoms with van der Waals surface area (Å²) in [5.74, 6) is 0. The van der Waals surface area contributed by atoms with Crippen molar-refractivity contribution in [3.8, 4) is 0 Å². The lowest BCUT2D eigenvalue weighted by Crippen LogP contribution is -2.50. The topological polar surface area (TPSA) is 102 Å². The fraction of sp³-hybridized carbons (Fsp3) is 0.438. The van der Waals surface area contributed by atoms with E-state index in [2.05, 4.69) is 52.5 Å². The number of fused-ring (bicyclic) bond motifs is 2. The zero-order chi connectivity index (χ0) is 30.0. The first kappa shape index (κ1) is 29.3. The van der Waals surface area contributed by atoms with E-state index in [0.29, 0.717) is 26.2 Å². The van der Waals surface area contributed by atoms with Crippen molar-refractivity contribution in [2.24, 2.45) is 7.05 Å². The highest BCUT2D eigenvalue weighted by atomic mass is 16.6. The minimum Gasteiger partial charge on any atom is -0.447 e. The summed E-state index contributed by atoms with van der Waals surface area (Å²) in [6.45, 7) is 11.9. The van der Waals surface area contributed by atoms with Crippen LogP contribution in [0.2, 0.25) is 0 Å². The number of imidazole rings is 1. The van der Waals surface area contributed by atoms with Crippen molar-refractivity contribution in [1.82, 2.24) is 29.7 Å². The highest BCUT2D eigenvalue weighted by molar-refractivity contribution is 5.90. The van der Waals surface area contributed by atoms with E-state index in [4.69, 9.17) is 14.5 Å². The molecule has 10 heteroatoms. The lowest BCUT2D eigenvalue weighted by atomic mass is 9.88. The Balaban J connectivity index is 1.59.